The van der Waals surface area contributed by atoms with E-state index in [1.165, 1.54) is 0 Å². The van der Waals surface area contributed by atoms with Gasteiger partial charge in [0.2, 0.25) is 5.91 Å². The molecule has 3 nitrogen and oxygen atoms in total. The summed E-state index contributed by atoms with van der Waals surface area (Å²) in [5.41, 5.74) is 4.92. The van der Waals surface area contributed by atoms with Gasteiger partial charge < -0.3 is 5.73 Å². The van der Waals surface area contributed by atoms with Gasteiger partial charge in [-0.25, -0.2) is 8.78 Å². The minimum atomic E-state index is -2.59. The van der Waals surface area contributed by atoms with E-state index in [1.807, 2.05) is 0 Å². The van der Waals surface area contributed by atoms with Crippen LogP contribution in [0.25, 0.3) is 0 Å². The zero-order valence-corrected chi connectivity index (χ0v) is 7.43. The molecule has 5 heteroatoms. The van der Waals surface area contributed by atoms with Crippen LogP contribution in [0.2, 0.25) is 0 Å². The van der Waals surface area contributed by atoms with Gasteiger partial charge in [-0.05, 0) is 13.0 Å². The molecule has 0 aromatic heterocycles. The maximum atomic E-state index is 12.8. The molecule has 1 aliphatic rings. The Morgan fingerprint density at radius 1 is 1.54 bits per heavy atom. The molecule has 0 radical (unpaired) electrons. The molecule has 1 heterocycles. The Hall–Kier alpha value is -0.710. The number of alkyl halides is 2. The van der Waals surface area contributed by atoms with Crippen molar-refractivity contribution in [1.82, 2.24) is 4.90 Å². The molecule has 0 spiro atoms. The van der Waals surface area contributed by atoms with Crippen LogP contribution in [0.4, 0.5) is 8.78 Å². The number of carbonyl (C=O) groups is 1. The highest BCUT2D eigenvalue weighted by atomic mass is 19.3. The first-order chi connectivity index (χ1) is 5.99. The number of nitrogens with zero attached hydrogens (tertiary/aromatic N) is 1. The van der Waals surface area contributed by atoms with E-state index in [2.05, 4.69) is 0 Å². The zero-order valence-electron chi connectivity index (χ0n) is 7.43. The van der Waals surface area contributed by atoms with Gasteiger partial charge in [0.15, 0.2) is 0 Å². The average molecular weight is 192 g/mol. The average Bonchev–Trinajstić information content (AvgIpc) is 1.99. The molecule has 0 saturated carbocycles. The minimum Gasteiger partial charge on any atom is -0.370 e. The third-order valence-electron chi connectivity index (χ3n) is 2.15. The molecule has 1 amide bonds. The van der Waals surface area contributed by atoms with Crippen molar-refractivity contribution in [1.29, 1.82) is 0 Å². The SMILES string of the molecule is NC(=O)CCN1CCCC(F)(F)C1. The highest BCUT2D eigenvalue weighted by Crippen LogP contribution is 2.26. The summed E-state index contributed by atoms with van der Waals surface area (Å²) >= 11 is 0. The van der Waals surface area contributed by atoms with Gasteiger partial charge in [-0.2, -0.15) is 0 Å². The second kappa shape index (κ2) is 4.00. The smallest absolute Gasteiger partial charge is 0.260 e. The molecule has 0 aromatic carbocycles. The Balaban J connectivity index is 2.30. The summed E-state index contributed by atoms with van der Waals surface area (Å²) in [6.45, 7) is 0.758. The van der Waals surface area contributed by atoms with Crippen LogP contribution in [-0.4, -0.2) is 36.4 Å². The molecule has 0 aromatic rings. The van der Waals surface area contributed by atoms with Crippen LogP contribution in [0.5, 0.6) is 0 Å². The molecule has 76 valence electrons. The lowest BCUT2D eigenvalue weighted by molar-refractivity contribution is -0.119. The normalized spacial score (nSPS) is 22.9. The third kappa shape index (κ3) is 3.67. The minimum absolute atomic E-state index is 0.0416. The maximum Gasteiger partial charge on any atom is 0.260 e. The second-order valence-corrected chi connectivity index (χ2v) is 3.45. The van der Waals surface area contributed by atoms with Crippen molar-refractivity contribution >= 4 is 5.91 Å². The van der Waals surface area contributed by atoms with Gasteiger partial charge >= 0.3 is 0 Å². The summed E-state index contributed by atoms with van der Waals surface area (Å²) < 4.78 is 25.6. The van der Waals surface area contributed by atoms with E-state index in [-0.39, 0.29) is 19.4 Å². The van der Waals surface area contributed by atoms with Crippen molar-refractivity contribution in [3.8, 4) is 0 Å². The van der Waals surface area contributed by atoms with E-state index in [0.717, 1.165) is 0 Å². The number of rotatable bonds is 3. The lowest BCUT2D eigenvalue weighted by Gasteiger charge is -2.31. The van der Waals surface area contributed by atoms with Crippen LogP contribution >= 0.6 is 0 Å². The van der Waals surface area contributed by atoms with Gasteiger partial charge in [0.1, 0.15) is 0 Å². The summed E-state index contributed by atoms with van der Waals surface area (Å²) in [4.78, 5) is 12.0. The highest BCUT2D eigenvalue weighted by Gasteiger charge is 2.34. The Labute approximate surface area is 75.9 Å². The Kier molecular flexibility index (Phi) is 3.19. The predicted molar refractivity (Wildman–Crippen MR) is 44.4 cm³/mol. The fourth-order valence-corrected chi connectivity index (χ4v) is 1.51. The van der Waals surface area contributed by atoms with Crippen molar-refractivity contribution in [3.63, 3.8) is 0 Å². The third-order valence-corrected chi connectivity index (χ3v) is 2.15. The number of hydrogen-bond acceptors (Lipinski definition) is 2. The van der Waals surface area contributed by atoms with Crippen molar-refractivity contribution in [3.05, 3.63) is 0 Å². The summed E-state index contributed by atoms with van der Waals surface area (Å²) in [5.74, 6) is -3.02. The molecule has 0 atom stereocenters. The topological polar surface area (TPSA) is 46.3 Å². The van der Waals surface area contributed by atoms with E-state index in [1.54, 1.807) is 4.90 Å². The first-order valence-corrected chi connectivity index (χ1v) is 4.38. The number of piperidine rings is 1. The molecule has 2 N–H and O–H groups in total. The standard InChI is InChI=1S/C8H14F2N2O/c9-8(10)3-1-4-12(6-8)5-2-7(11)13/h1-6H2,(H2,11,13). The number of likely N-dealkylation sites (tertiary alicyclic amines) is 1. The number of primary amides is 1. The first kappa shape index (κ1) is 10.4. The van der Waals surface area contributed by atoms with Gasteiger partial charge in [0.25, 0.3) is 5.92 Å². The molecular formula is C8H14F2N2O. The van der Waals surface area contributed by atoms with Crippen LogP contribution in [0, 0.1) is 0 Å². The van der Waals surface area contributed by atoms with E-state index in [9.17, 15) is 13.6 Å². The van der Waals surface area contributed by atoms with Crippen molar-refractivity contribution in [2.24, 2.45) is 5.73 Å². The number of nitrogens with two attached hydrogens (primary N) is 1. The number of amides is 1. The van der Waals surface area contributed by atoms with Crippen molar-refractivity contribution < 1.29 is 13.6 Å². The quantitative estimate of drug-likeness (QED) is 0.711. The fourth-order valence-electron chi connectivity index (χ4n) is 1.51. The predicted octanol–water partition coefficient (Wildman–Crippen LogP) is 0.593. The first-order valence-electron chi connectivity index (χ1n) is 4.38. The Morgan fingerprint density at radius 2 is 2.23 bits per heavy atom. The number of hydrogen-bond donors (Lipinski definition) is 1. The molecule has 1 saturated heterocycles. The van der Waals surface area contributed by atoms with Gasteiger partial charge in [-0.15, -0.1) is 0 Å². The molecule has 0 bridgehead atoms. The van der Waals surface area contributed by atoms with Crippen LogP contribution < -0.4 is 5.73 Å². The van der Waals surface area contributed by atoms with Crippen LogP contribution in [0.1, 0.15) is 19.3 Å². The van der Waals surface area contributed by atoms with Gasteiger partial charge in [0.05, 0.1) is 6.54 Å². The lowest BCUT2D eigenvalue weighted by Crippen LogP contribution is -2.43. The molecular weight excluding hydrogens is 178 g/mol. The molecule has 13 heavy (non-hydrogen) atoms. The lowest BCUT2D eigenvalue weighted by atomic mass is 10.1. The molecule has 1 rings (SSSR count). The van der Waals surface area contributed by atoms with E-state index < -0.39 is 11.8 Å². The Bertz CT molecular complexity index is 197. The zero-order chi connectivity index (χ0) is 9.90. The van der Waals surface area contributed by atoms with Crippen LogP contribution in [-0.2, 0) is 4.79 Å². The van der Waals surface area contributed by atoms with E-state index >= 15 is 0 Å². The molecule has 1 aliphatic heterocycles. The largest absolute Gasteiger partial charge is 0.370 e. The molecule has 0 aliphatic carbocycles. The summed E-state index contributed by atoms with van der Waals surface area (Å²) in [6.07, 6.45) is 0.613. The number of carbonyl (C=O) groups excluding carboxylic acids is 1. The van der Waals surface area contributed by atoms with Crippen molar-refractivity contribution in [2.45, 2.75) is 25.2 Å². The van der Waals surface area contributed by atoms with Gasteiger partial charge in [-0.3, -0.25) is 9.69 Å². The van der Waals surface area contributed by atoms with Gasteiger partial charge in [0, 0.05) is 19.4 Å². The molecule has 1 fully saturated rings. The Morgan fingerprint density at radius 3 is 2.77 bits per heavy atom. The summed E-state index contributed by atoms with van der Waals surface area (Å²) in [6, 6.07) is 0. The number of halogens is 2. The maximum absolute atomic E-state index is 12.8. The monoisotopic (exact) mass is 192 g/mol. The van der Waals surface area contributed by atoms with Gasteiger partial charge in [-0.1, -0.05) is 0 Å². The van der Waals surface area contributed by atoms with E-state index in [4.69, 9.17) is 5.73 Å². The van der Waals surface area contributed by atoms with Crippen molar-refractivity contribution in [2.75, 3.05) is 19.6 Å². The van der Waals surface area contributed by atoms with Crippen LogP contribution in [0.3, 0.4) is 0 Å². The highest BCUT2D eigenvalue weighted by molar-refractivity contribution is 5.73. The fraction of sp³-hybridized carbons (Fsp3) is 0.875. The molecule has 0 unspecified atom stereocenters. The summed E-state index contributed by atoms with van der Waals surface area (Å²) in [5, 5.41) is 0. The van der Waals surface area contributed by atoms with Crippen LogP contribution in [0.15, 0.2) is 0 Å². The van der Waals surface area contributed by atoms with E-state index in [0.29, 0.717) is 19.5 Å². The second-order valence-electron chi connectivity index (χ2n) is 3.45. The summed E-state index contributed by atoms with van der Waals surface area (Å²) in [7, 11) is 0.